The number of methoxy groups -OCH3 is 1. The summed E-state index contributed by atoms with van der Waals surface area (Å²) < 4.78 is 25.8. The standard InChI is InChI=1S/C25H41ClFN3O4/c1-24(2,3)34-17-19(28)15-29-23(31)30-13-8-9-18(16-30)25(32,12-5-6-14-33-4)20-10-7-11-21(26)22(20)27/h7,10-11,18-19,32H,5-6,8-9,12-17,28H2,1-4H3,(H,29,31). The van der Waals surface area contributed by atoms with Crippen LogP contribution >= 0.6 is 11.6 Å². The maximum absolute atomic E-state index is 15.0. The van der Waals surface area contributed by atoms with E-state index in [-0.39, 0.29) is 40.7 Å². The number of hydrogen-bond donors (Lipinski definition) is 3. The van der Waals surface area contributed by atoms with Gasteiger partial charge in [0.15, 0.2) is 0 Å². The summed E-state index contributed by atoms with van der Waals surface area (Å²) in [4.78, 5) is 14.5. The zero-order chi connectivity index (χ0) is 25.4. The number of aliphatic hydroxyl groups is 1. The highest BCUT2D eigenvalue weighted by atomic mass is 35.5. The van der Waals surface area contributed by atoms with Gasteiger partial charge in [-0.1, -0.05) is 23.7 Å². The number of nitrogens with one attached hydrogen (secondary N) is 1. The number of ether oxygens (including phenoxy) is 2. The molecule has 0 radical (unpaired) electrons. The van der Waals surface area contributed by atoms with Crippen LogP contribution in [0.15, 0.2) is 18.2 Å². The molecule has 194 valence electrons. The van der Waals surface area contributed by atoms with Gasteiger partial charge >= 0.3 is 6.03 Å². The summed E-state index contributed by atoms with van der Waals surface area (Å²) in [5, 5.41) is 14.7. The van der Waals surface area contributed by atoms with Gasteiger partial charge in [0, 0.05) is 50.9 Å². The van der Waals surface area contributed by atoms with Crippen LogP contribution in [-0.2, 0) is 15.1 Å². The number of rotatable bonds is 11. The van der Waals surface area contributed by atoms with Crippen LogP contribution in [0.2, 0.25) is 5.02 Å². The number of nitrogens with zero attached hydrogens (tertiary/aromatic N) is 1. The number of amides is 2. The maximum Gasteiger partial charge on any atom is 0.317 e. The SMILES string of the molecule is COCCCCC(O)(c1cccc(Cl)c1F)C1CCCN(C(=O)NCC(N)COC(C)(C)C)C1. The largest absolute Gasteiger partial charge is 0.385 e. The molecule has 0 bridgehead atoms. The second-order valence-corrected chi connectivity index (χ2v) is 10.5. The Hall–Kier alpha value is -1.45. The number of carbonyl (C=O) groups is 1. The fourth-order valence-corrected chi connectivity index (χ4v) is 4.51. The van der Waals surface area contributed by atoms with Crippen LogP contribution in [0.1, 0.15) is 58.4 Å². The van der Waals surface area contributed by atoms with Crippen molar-refractivity contribution in [3.05, 3.63) is 34.6 Å². The van der Waals surface area contributed by atoms with Gasteiger partial charge in [-0.25, -0.2) is 9.18 Å². The number of likely N-dealkylation sites (tertiary alicyclic amines) is 1. The molecule has 3 atom stereocenters. The topological polar surface area (TPSA) is 97.1 Å². The van der Waals surface area contributed by atoms with Gasteiger partial charge in [0.2, 0.25) is 0 Å². The maximum atomic E-state index is 15.0. The Labute approximate surface area is 208 Å². The number of benzene rings is 1. The van der Waals surface area contributed by atoms with Gasteiger partial charge in [0.25, 0.3) is 0 Å². The molecular formula is C25H41ClFN3O4. The Bertz CT molecular complexity index is 792. The van der Waals surface area contributed by atoms with E-state index in [0.29, 0.717) is 52.0 Å². The van der Waals surface area contributed by atoms with Crippen LogP contribution in [0.3, 0.4) is 0 Å². The average molecular weight is 502 g/mol. The molecule has 34 heavy (non-hydrogen) atoms. The van der Waals surface area contributed by atoms with Crippen LogP contribution in [0.4, 0.5) is 9.18 Å². The Balaban J connectivity index is 2.09. The Morgan fingerprint density at radius 1 is 1.38 bits per heavy atom. The monoisotopic (exact) mass is 501 g/mol. The molecule has 1 aromatic rings. The van der Waals surface area contributed by atoms with E-state index in [0.717, 1.165) is 6.42 Å². The van der Waals surface area contributed by atoms with Crippen LogP contribution in [0.5, 0.6) is 0 Å². The third-order valence-electron chi connectivity index (χ3n) is 6.20. The Morgan fingerprint density at radius 3 is 2.79 bits per heavy atom. The molecule has 1 fully saturated rings. The van der Waals surface area contributed by atoms with E-state index < -0.39 is 11.4 Å². The first-order valence-corrected chi connectivity index (χ1v) is 12.4. The highest BCUT2D eigenvalue weighted by Gasteiger charge is 2.43. The summed E-state index contributed by atoms with van der Waals surface area (Å²) in [5.41, 5.74) is 4.52. The van der Waals surface area contributed by atoms with Crippen LogP contribution in [0.25, 0.3) is 0 Å². The van der Waals surface area contributed by atoms with Crippen molar-refractivity contribution < 1.29 is 23.8 Å². The van der Waals surface area contributed by atoms with Crippen molar-refractivity contribution >= 4 is 17.6 Å². The smallest absolute Gasteiger partial charge is 0.317 e. The van der Waals surface area contributed by atoms with Crippen molar-refractivity contribution in [1.29, 1.82) is 0 Å². The molecule has 7 nitrogen and oxygen atoms in total. The first-order valence-electron chi connectivity index (χ1n) is 12.1. The minimum Gasteiger partial charge on any atom is -0.385 e. The summed E-state index contributed by atoms with van der Waals surface area (Å²) >= 11 is 6.04. The van der Waals surface area contributed by atoms with Crippen LogP contribution in [0, 0.1) is 11.7 Å². The Morgan fingerprint density at radius 2 is 2.12 bits per heavy atom. The van der Waals surface area contributed by atoms with E-state index in [2.05, 4.69) is 5.32 Å². The fourth-order valence-electron chi connectivity index (χ4n) is 4.34. The van der Waals surface area contributed by atoms with Crippen molar-refractivity contribution in [3.63, 3.8) is 0 Å². The predicted octanol–water partition coefficient (Wildman–Crippen LogP) is 4.05. The minimum atomic E-state index is -1.45. The third kappa shape index (κ3) is 8.34. The number of halogens is 2. The van der Waals surface area contributed by atoms with E-state index in [1.165, 1.54) is 6.07 Å². The molecule has 2 rings (SSSR count). The molecule has 0 aromatic heterocycles. The molecule has 1 aliphatic heterocycles. The lowest BCUT2D eigenvalue weighted by Gasteiger charge is -2.43. The van der Waals surface area contributed by atoms with E-state index in [4.69, 9.17) is 26.8 Å². The lowest BCUT2D eigenvalue weighted by atomic mass is 9.74. The summed E-state index contributed by atoms with van der Waals surface area (Å²) in [6, 6.07) is 4.13. The van der Waals surface area contributed by atoms with Crippen molar-refractivity contribution in [2.24, 2.45) is 11.7 Å². The lowest BCUT2D eigenvalue weighted by molar-refractivity contribution is -0.0587. The van der Waals surface area contributed by atoms with Gasteiger partial charge in [-0.15, -0.1) is 0 Å². The van der Waals surface area contributed by atoms with Crippen molar-refractivity contribution in [2.75, 3.05) is 40.0 Å². The predicted molar refractivity (Wildman–Crippen MR) is 132 cm³/mol. The third-order valence-corrected chi connectivity index (χ3v) is 6.50. The van der Waals surface area contributed by atoms with E-state index in [1.54, 1.807) is 24.1 Å². The summed E-state index contributed by atoms with van der Waals surface area (Å²) in [6.45, 7) is 7.90. The quantitative estimate of drug-likeness (QED) is 0.397. The zero-order valence-electron chi connectivity index (χ0n) is 20.9. The molecule has 1 aliphatic rings. The molecular weight excluding hydrogens is 461 g/mol. The van der Waals surface area contributed by atoms with Gasteiger partial charge in [0.1, 0.15) is 5.82 Å². The number of piperidine rings is 1. The summed E-state index contributed by atoms with van der Waals surface area (Å²) in [5.74, 6) is -0.940. The van der Waals surface area contributed by atoms with Crippen molar-refractivity contribution in [1.82, 2.24) is 10.2 Å². The van der Waals surface area contributed by atoms with Gasteiger partial charge in [0.05, 0.1) is 22.8 Å². The van der Waals surface area contributed by atoms with Crippen LogP contribution < -0.4 is 11.1 Å². The number of nitrogens with two attached hydrogens (primary N) is 1. The summed E-state index contributed by atoms with van der Waals surface area (Å²) in [7, 11) is 1.63. The molecule has 4 N–H and O–H groups in total. The Kier molecular flexibility index (Phi) is 11.0. The second kappa shape index (κ2) is 13.0. The van der Waals surface area contributed by atoms with Gasteiger partial charge < -0.3 is 30.5 Å². The number of hydrogen-bond acceptors (Lipinski definition) is 5. The van der Waals surface area contributed by atoms with E-state index >= 15 is 4.39 Å². The molecule has 2 amide bonds. The number of carbonyl (C=O) groups excluding carboxylic acids is 1. The molecule has 0 spiro atoms. The van der Waals surface area contributed by atoms with Crippen molar-refractivity contribution in [3.8, 4) is 0 Å². The molecule has 9 heteroatoms. The van der Waals surface area contributed by atoms with Gasteiger partial charge in [-0.2, -0.15) is 0 Å². The average Bonchev–Trinajstić information content (AvgIpc) is 2.80. The molecule has 3 unspecified atom stereocenters. The highest BCUT2D eigenvalue weighted by Crippen LogP contribution is 2.41. The molecule has 1 saturated heterocycles. The lowest BCUT2D eigenvalue weighted by Crippen LogP contribution is -2.52. The molecule has 0 saturated carbocycles. The second-order valence-electron chi connectivity index (χ2n) is 10.1. The molecule has 0 aliphatic carbocycles. The fraction of sp³-hybridized carbons (Fsp3) is 0.720. The number of unbranched alkanes of at least 4 members (excludes halogenated alkanes) is 1. The molecule has 1 heterocycles. The normalized spacial score (nSPS) is 19.5. The minimum absolute atomic E-state index is 0.0234. The number of urea groups is 1. The van der Waals surface area contributed by atoms with Crippen molar-refractivity contribution in [2.45, 2.75) is 70.1 Å². The summed E-state index contributed by atoms with van der Waals surface area (Å²) in [6.07, 6.45) is 3.13. The zero-order valence-corrected chi connectivity index (χ0v) is 21.7. The first-order chi connectivity index (χ1) is 16.0. The van der Waals surface area contributed by atoms with Gasteiger partial charge in [-0.05, 0) is 58.9 Å². The highest BCUT2D eigenvalue weighted by molar-refractivity contribution is 6.30. The first kappa shape index (κ1) is 28.8. The van der Waals surface area contributed by atoms with E-state index in [1.807, 2.05) is 20.8 Å². The van der Waals surface area contributed by atoms with Crippen LogP contribution in [-0.4, -0.2) is 67.6 Å². The van der Waals surface area contributed by atoms with E-state index in [9.17, 15) is 9.90 Å². The molecule has 1 aromatic carbocycles. The van der Waals surface area contributed by atoms with Gasteiger partial charge in [-0.3, -0.25) is 0 Å².